The summed E-state index contributed by atoms with van der Waals surface area (Å²) in [7, 11) is 0. The Morgan fingerprint density at radius 3 is 2.61 bits per heavy atom. The van der Waals surface area contributed by atoms with Crippen LogP contribution in [0.15, 0.2) is 36.4 Å². The summed E-state index contributed by atoms with van der Waals surface area (Å²) in [6.45, 7) is 0.171. The number of anilines is 1. The Hall–Kier alpha value is -4.92. The van der Waals surface area contributed by atoms with Crippen molar-refractivity contribution in [3.8, 4) is 6.07 Å². The van der Waals surface area contributed by atoms with Crippen molar-refractivity contribution in [1.29, 1.82) is 5.26 Å². The highest BCUT2D eigenvalue weighted by Gasteiger charge is 2.44. The number of hydrogen-bond acceptors (Lipinski definition) is 8. The standard InChI is InChI=1S/C24H20N6O6/c25-12-14-4-1-5-18(27-14)28-22(34)21(33)26-10-2-3-13-6-7-15-16(11-13)24(36)30(23(15)35)17-8-9-19(31)29-20(17)32/h1,4-7,11,17H,2-3,8-10H2,(H,26,33)(H,27,28,34)(H,29,31,32). The van der Waals surface area contributed by atoms with E-state index in [2.05, 4.69) is 20.9 Å². The number of carbonyl (C=O) groups excluding carboxylic acids is 6. The molecule has 2 aliphatic rings. The molecule has 3 heterocycles. The molecule has 2 aromatic rings. The fourth-order valence-electron chi connectivity index (χ4n) is 3.99. The van der Waals surface area contributed by atoms with E-state index in [9.17, 15) is 28.8 Å². The van der Waals surface area contributed by atoms with E-state index in [1.54, 1.807) is 12.1 Å². The number of hydrogen-bond donors (Lipinski definition) is 3. The molecule has 0 aliphatic carbocycles. The Bertz CT molecular complexity index is 1350. The van der Waals surface area contributed by atoms with Crippen LogP contribution >= 0.6 is 0 Å². The Morgan fingerprint density at radius 1 is 1.08 bits per heavy atom. The summed E-state index contributed by atoms with van der Waals surface area (Å²) in [4.78, 5) is 78.0. The molecule has 0 saturated carbocycles. The molecular weight excluding hydrogens is 468 g/mol. The van der Waals surface area contributed by atoms with Gasteiger partial charge in [0.1, 0.15) is 23.6 Å². The lowest BCUT2D eigenvalue weighted by Crippen LogP contribution is -2.54. The number of nitriles is 1. The third-order valence-electron chi connectivity index (χ3n) is 5.74. The van der Waals surface area contributed by atoms with Crippen molar-refractivity contribution in [2.24, 2.45) is 0 Å². The van der Waals surface area contributed by atoms with Crippen LogP contribution in [0, 0.1) is 11.3 Å². The second kappa shape index (κ2) is 10.1. The summed E-state index contributed by atoms with van der Waals surface area (Å²) in [5.74, 6) is -3.99. The first-order valence-electron chi connectivity index (χ1n) is 11.1. The average Bonchev–Trinajstić information content (AvgIpc) is 3.11. The van der Waals surface area contributed by atoms with E-state index in [0.717, 1.165) is 10.5 Å². The Kier molecular flexibility index (Phi) is 6.82. The molecule has 0 bridgehead atoms. The third-order valence-corrected chi connectivity index (χ3v) is 5.74. The normalized spacial score (nSPS) is 16.8. The largest absolute Gasteiger partial charge is 0.348 e. The molecule has 6 amide bonds. The first-order valence-corrected chi connectivity index (χ1v) is 11.1. The molecule has 3 N–H and O–H groups in total. The van der Waals surface area contributed by atoms with Gasteiger partial charge in [0, 0.05) is 13.0 Å². The minimum Gasteiger partial charge on any atom is -0.348 e. The number of nitrogens with one attached hydrogen (secondary N) is 3. The van der Waals surface area contributed by atoms with Gasteiger partial charge in [-0.3, -0.25) is 39.0 Å². The van der Waals surface area contributed by atoms with Crippen molar-refractivity contribution in [3.63, 3.8) is 0 Å². The molecular formula is C24H20N6O6. The van der Waals surface area contributed by atoms with Crippen molar-refractivity contribution >= 4 is 41.3 Å². The summed E-state index contributed by atoms with van der Waals surface area (Å²) in [6.07, 6.45) is 1.01. The Balaban J connectivity index is 1.30. The highest BCUT2D eigenvalue weighted by Crippen LogP contribution is 2.28. The van der Waals surface area contributed by atoms with Gasteiger partial charge < -0.3 is 10.6 Å². The van der Waals surface area contributed by atoms with Gasteiger partial charge >= 0.3 is 11.8 Å². The number of benzene rings is 1. The van der Waals surface area contributed by atoms with Gasteiger partial charge in [0.2, 0.25) is 11.8 Å². The molecule has 0 spiro atoms. The van der Waals surface area contributed by atoms with Gasteiger partial charge in [-0.05, 0) is 49.1 Å². The molecule has 1 unspecified atom stereocenters. The number of pyridine rings is 1. The predicted octanol–water partition coefficient (Wildman–Crippen LogP) is 0.0420. The van der Waals surface area contributed by atoms with Gasteiger partial charge in [-0.25, -0.2) is 4.98 Å². The van der Waals surface area contributed by atoms with Gasteiger partial charge in [-0.2, -0.15) is 5.26 Å². The average molecular weight is 488 g/mol. The molecule has 1 atom stereocenters. The van der Waals surface area contributed by atoms with E-state index in [-0.39, 0.29) is 42.0 Å². The van der Waals surface area contributed by atoms with E-state index in [4.69, 9.17) is 5.26 Å². The zero-order chi connectivity index (χ0) is 25.8. The van der Waals surface area contributed by atoms with Gasteiger partial charge in [0.25, 0.3) is 11.8 Å². The molecule has 0 radical (unpaired) electrons. The van der Waals surface area contributed by atoms with Gasteiger partial charge in [-0.15, -0.1) is 0 Å². The smallest absolute Gasteiger partial charge is 0.314 e. The number of nitrogens with zero attached hydrogens (tertiary/aromatic N) is 3. The molecule has 12 nitrogen and oxygen atoms in total. The monoisotopic (exact) mass is 488 g/mol. The number of aryl methyl sites for hydroxylation is 1. The maximum Gasteiger partial charge on any atom is 0.314 e. The lowest BCUT2D eigenvalue weighted by molar-refractivity contribution is -0.136. The Morgan fingerprint density at radius 2 is 1.86 bits per heavy atom. The summed E-state index contributed by atoms with van der Waals surface area (Å²) < 4.78 is 0. The second-order valence-corrected chi connectivity index (χ2v) is 8.16. The minimum atomic E-state index is -1.03. The number of fused-ring (bicyclic) bond motifs is 1. The van der Waals surface area contributed by atoms with Crippen molar-refractivity contribution in [3.05, 3.63) is 58.8 Å². The molecule has 182 valence electrons. The highest BCUT2D eigenvalue weighted by molar-refractivity contribution is 6.39. The zero-order valence-electron chi connectivity index (χ0n) is 18.9. The van der Waals surface area contributed by atoms with Gasteiger partial charge in [0.05, 0.1) is 11.1 Å². The SMILES string of the molecule is N#Cc1cccc(NC(=O)C(=O)NCCCc2ccc3c(c2)C(=O)N(C2CCC(=O)NC2=O)C3=O)n1. The van der Waals surface area contributed by atoms with E-state index in [1.807, 2.05) is 6.07 Å². The van der Waals surface area contributed by atoms with E-state index >= 15 is 0 Å². The maximum atomic E-state index is 12.9. The van der Waals surface area contributed by atoms with Crippen molar-refractivity contribution in [2.75, 3.05) is 11.9 Å². The maximum absolute atomic E-state index is 12.9. The van der Waals surface area contributed by atoms with Crippen LogP contribution in [0.3, 0.4) is 0 Å². The van der Waals surface area contributed by atoms with Crippen LogP contribution < -0.4 is 16.0 Å². The summed E-state index contributed by atoms with van der Waals surface area (Å²) >= 11 is 0. The number of piperidine rings is 1. The summed E-state index contributed by atoms with van der Waals surface area (Å²) in [5.41, 5.74) is 1.20. The van der Waals surface area contributed by atoms with Gasteiger partial charge in [0.15, 0.2) is 0 Å². The van der Waals surface area contributed by atoms with E-state index in [1.165, 1.54) is 24.3 Å². The number of aromatic nitrogens is 1. The van der Waals surface area contributed by atoms with Crippen LogP contribution in [-0.4, -0.2) is 57.9 Å². The number of carbonyl (C=O) groups is 6. The van der Waals surface area contributed by atoms with Crippen LogP contribution in [0.1, 0.15) is 51.2 Å². The van der Waals surface area contributed by atoms with Crippen LogP contribution in [0.25, 0.3) is 0 Å². The second-order valence-electron chi connectivity index (χ2n) is 8.16. The molecule has 4 rings (SSSR count). The van der Waals surface area contributed by atoms with E-state index in [0.29, 0.717) is 12.8 Å². The summed E-state index contributed by atoms with van der Waals surface area (Å²) in [5, 5.41) is 15.8. The van der Waals surface area contributed by atoms with E-state index < -0.39 is 41.5 Å². The van der Waals surface area contributed by atoms with Crippen LogP contribution in [0.5, 0.6) is 0 Å². The molecule has 36 heavy (non-hydrogen) atoms. The topological polar surface area (TPSA) is 178 Å². The molecule has 1 aromatic carbocycles. The highest BCUT2D eigenvalue weighted by atomic mass is 16.2. The van der Waals surface area contributed by atoms with Crippen LogP contribution in [-0.2, 0) is 25.6 Å². The Labute approximate surface area is 204 Å². The molecule has 1 fully saturated rings. The quantitative estimate of drug-likeness (QED) is 0.290. The van der Waals surface area contributed by atoms with Crippen molar-refractivity contribution in [1.82, 2.24) is 20.5 Å². The van der Waals surface area contributed by atoms with Crippen LogP contribution in [0.4, 0.5) is 5.82 Å². The minimum absolute atomic E-state index is 0.0432. The number of amides is 6. The van der Waals surface area contributed by atoms with Gasteiger partial charge in [-0.1, -0.05) is 12.1 Å². The van der Waals surface area contributed by atoms with Crippen molar-refractivity contribution in [2.45, 2.75) is 31.7 Å². The first-order chi connectivity index (χ1) is 17.3. The predicted molar refractivity (Wildman–Crippen MR) is 122 cm³/mol. The van der Waals surface area contributed by atoms with Crippen LogP contribution in [0.2, 0.25) is 0 Å². The summed E-state index contributed by atoms with van der Waals surface area (Å²) in [6, 6.07) is 10.0. The third kappa shape index (κ3) is 4.95. The fourth-order valence-corrected chi connectivity index (χ4v) is 3.99. The molecule has 1 saturated heterocycles. The lowest BCUT2D eigenvalue weighted by Gasteiger charge is -2.27. The van der Waals surface area contributed by atoms with Crippen molar-refractivity contribution < 1.29 is 28.8 Å². The fraction of sp³-hybridized carbons (Fsp3) is 0.250. The molecule has 2 aliphatic heterocycles. The number of rotatable bonds is 6. The first kappa shape index (κ1) is 24.2. The molecule has 1 aromatic heterocycles. The lowest BCUT2D eigenvalue weighted by atomic mass is 10.0. The zero-order valence-corrected chi connectivity index (χ0v) is 18.9. The number of imide groups is 2. The molecule has 12 heteroatoms.